The first-order chi connectivity index (χ1) is 13.9. The van der Waals surface area contributed by atoms with E-state index in [1.165, 1.54) is 37.5 Å². The highest BCUT2D eigenvalue weighted by Gasteiger charge is 2.21. The Balaban J connectivity index is 1.89. The van der Waals surface area contributed by atoms with Crippen molar-refractivity contribution in [1.29, 1.82) is 0 Å². The van der Waals surface area contributed by atoms with Gasteiger partial charge in [0.25, 0.3) is 5.91 Å². The fourth-order valence-corrected chi connectivity index (χ4v) is 3.17. The zero-order valence-electron chi connectivity index (χ0n) is 16.0. The summed E-state index contributed by atoms with van der Waals surface area (Å²) in [6, 6.07) is 11.6. The molecule has 154 valence electrons. The van der Waals surface area contributed by atoms with Crippen LogP contribution in [0.25, 0.3) is 0 Å². The molecule has 0 spiro atoms. The highest BCUT2D eigenvalue weighted by atomic mass is 32.2. The molecule has 0 unspecified atom stereocenters. The van der Waals surface area contributed by atoms with Gasteiger partial charge in [0, 0.05) is 6.54 Å². The molecule has 3 rings (SSSR count). The Morgan fingerprint density at radius 3 is 2.41 bits per heavy atom. The molecular formula is C20H21NO7S. The summed E-state index contributed by atoms with van der Waals surface area (Å²) in [5, 5.41) is 0. The van der Waals surface area contributed by atoms with Crippen LogP contribution < -0.4 is 8.92 Å². The maximum Gasteiger partial charge on any atom is 0.309 e. The molecule has 2 heterocycles. The number of benzene rings is 1. The topological polar surface area (TPSA) is 99.2 Å². The number of carbonyl (C=O) groups excluding carboxylic acids is 1. The second kappa shape index (κ2) is 8.87. The number of hydrogen-bond acceptors (Lipinski definition) is 7. The van der Waals surface area contributed by atoms with Crippen LogP contribution in [0.4, 0.5) is 0 Å². The molecule has 8 nitrogen and oxygen atoms in total. The van der Waals surface area contributed by atoms with Gasteiger partial charge in [-0.2, -0.15) is 8.42 Å². The predicted molar refractivity (Wildman–Crippen MR) is 104 cm³/mol. The molecule has 0 aliphatic carbocycles. The van der Waals surface area contributed by atoms with Crippen LogP contribution in [0.15, 0.2) is 63.8 Å². The third-order valence-corrected chi connectivity index (χ3v) is 5.26. The van der Waals surface area contributed by atoms with E-state index >= 15 is 0 Å². The summed E-state index contributed by atoms with van der Waals surface area (Å²) in [6.45, 7) is 1.87. The van der Waals surface area contributed by atoms with E-state index in [4.69, 9.17) is 17.8 Å². The second-order valence-electron chi connectivity index (χ2n) is 6.13. The van der Waals surface area contributed by atoms with Crippen molar-refractivity contribution in [3.05, 3.63) is 72.1 Å². The molecular weight excluding hydrogens is 398 g/mol. The van der Waals surface area contributed by atoms with Crippen LogP contribution in [0.2, 0.25) is 0 Å². The molecule has 0 aliphatic rings. The third-order valence-electron chi connectivity index (χ3n) is 4.12. The van der Waals surface area contributed by atoms with Gasteiger partial charge in [-0.1, -0.05) is 6.07 Å². The van der Waals surface area contributed by atoms with Gasteiger partial charge in [0.05, 0.1) is 31.9 Å². The Kier molecular flexibility index (Phi) is 6.28. The van der Waals surface area contributed by atoms with E-state index in [-0.39, 0.29) is 42.0 Å². The summed E-state index contributed by atoms with van der Waals surface area (Å²) in [6.07, 6.45) is 2.95. The lowest BCUT2D eigenvalue weighted by molar-refractivity contribution is 0.0685. The minimum atomic E-state index is -3.73. The monoisotopic (exact) mass is 419 g/mol. The SMILES string of the molecule is CCS(=O)(=O)Oc1cc(CN(Cc2ccco2)C(=O)c2ccco2)ccc1OC. The Morgan fingerprint density at radius 2 is 1.79 bits per heavy atom. The number of amides is 1. The lowest BCUT2D eigenvalue weighted by Gasteiger charge is -2.21. The minimum absolute atomic E-state index is 0.0650. The van der Waals surface area contributed by atoms with E-state index in [2.05, 4.69) is 0 Å². The highest BCUT2D eigenvalue weighted by molar-refractivity contribution is 7.87. The maximum atomic E-state index is 12.9. The van der Waals surface area contributed by atoms with Gasteiger partial charge >= 0.3 is 10.1 Å². The molecule has 0 bridgehead atoms. The largest absolute Gasteiger partial charge is 0.493 e. The van der Waals surface area contributed by atoms with Crippen LogP contribution in [0.3, 0.4) is 0 Å². The Morgan fingerprint density at radius 1 is 1.03 bits per heavy atom. The van der Waals surface area contributed by atoms with Crippen LogP contribution in [0.1, 0.15) is 28.8 Å². The smallest absolute Gasteiger partial charge is 0.309 e. The molecule has 1 aromatic carbocycles. The molecule has 2 aromatic heterocycles. The molecule has 29 heavy (non-hydrogen) atoms. The molecule has 0 radical (unpaired) electrons. The first-order valence-corrected chi connectivity index (χ1v) is 10.4. The van der Waals surface area contributed by atoms with Crippen molar-refractivity contribution in [3.8, 4) is 11.5 Å². The molecule has 9 heteroatoms. The second-order valence-corrected chi connectivity index (χ2v) is 7.99. The quantitative estimate of drug-likeness (QED) is 0.490. The first kappa shape index (κ1) is 20.5. The van der Waals surface area contributed by atoms with E-state index in [1.54, 1.807) is 36.4 Å². The number of ether oxygens (including phenoxy) is 1. The van der Waals surface area contributed by atoms with Crippen LogP contribution >= 0.6 is 0 Å². The third kappa shape index (κ3) is 5.20. The van der Waals surface area contributed by atoms with Crippen LogP contribution in [0, 0.1) is 0 Å². The van der Waals surface area contributed by atoms with E-state index in [0.717, 1.165) is 0 Å². The Bertz CT molecular complexity index is 1040. The van der Waals surface area contributed by atoms with Crippen molar-refractivity contribution in [2.45, 2.75) is 20.0 Å². The summed E-state index contributed by atoms with van der Waals surface area (Å²) >= 11 is 0. The van der Waals surface area contributed by atoms with E-state index in [9.17, 15) is 13.2 Å². The fourth-order valence-electron chi connectivity index (χ4n) is 2.65. The minimum Gasteiger partial charge on any atom is -0.493 e. The first-order valence-electron chi connectivity index (χ1n) is 8.86. The number of rotatable bonds is 9. The maximum absolute atomic E-state index is 12.9. The van der Waals surface area contributed by atoms with E-state index < -0.39 is 10.1 Å². The molecule has 0 saturated carbocycles. The number of furan rings is 2. The van der Waals surface area contributed by atoms with Crippen LogP contribution in [0.5, 0.6) is 11.5 Å². The average Bonchev–Trinajstić information content (AvgIpc) is 3.41. The van der Waals surface area contributed by atoms with Crippen LogP contribution in [-0.2, 0) is 23.2 Å². The van der Waals surface area contributed by atoms with Crippen LogP contribution in [-0.4, -0.2) is 32.1 Å². The molecule has 1 amide bonds. The molecule has 0 aliphatic heterocycles. The summed E-state index contributed by atoms with van der Waals surface area (Å²) in [5.74, 6) is 0.627. The standard InChI is InChI=1S/C20H21NO7S/c1-3-29(23,24)28-19-12-15(8-9-17(19)25-2)13-21(14-16-6-4-10-26-16)20(22)18-7-5-11-27-18/h4-12H,3,13-14H2,1-2H3. The normalized spacial score (nSPS) is 11.2. The van der Waals surface area contributed by atoms with Gasteiger partial charge in [-0.25, -0.2) is 0 Å². The lowest BCUT2D eigenvalue weighted by Crippen LogP contribution is -2.29. The molecule has 0 saturated heterocycles. The van der Waals surface area contributed by atoms with Gasteiger partial charge in [0.15, 0.2) is 17.3 Å². The van der Waals surface area contributed by atoms with Gasteiger partial charge in [-0.3, -0.25) is 4.79 Å². The summed E-state index contributed by atoms with van der Waals surface area (Å²) < 4.78 is 44.7. The van der Waals surface area contributed by atoms with Crippen molar-refractivity contribution < 1.29 is 31.0 Å². The summed E-state index contributed by atoms with van der Waals surface area (Å²) in [4.78, 5) is 14.4. The molecule has 0 atom stereocenters. The van der Waals surface area contributed by atoms with Crippen molar-refractivity contribution >= 4 is 16.0 Å². The van der Waals surface area contributed by atoms with Crippen molar-refractivity contribution in [2.24, 2.45) is 0 Å². The Labute approximate surface area is 168 Å². The van der Waals surface area contributed by atoms with Crippen molar-refractivity contribution in [2.75, 3.05) is 12.9 Å². The summed E-state index contributed by atoms with van der Waals surface area (Å²) in [7, 11) is -2.31. The summed E-state index contributed by atoms with van der Waals surface area (Å²) in [5.41, 5.74) is 0.651. The van der Waals surface area contributed by atoms with Gasteiger partial charge in [0.2, 0.25) is 0 Å². The van der Waals surface area contributed by atoms with E-state index in [1.807, 2.05) is 0 Å². The van der Waals surface area contributed by atoms with Crippen molar-refractivity contribution in [3.63, 3.8) is 0 Å². The zero-order valence-corrected chi connectivity index (χ0v) is 16.8. The molecule has 0 N–H and O–H groups in total. The van der Waals surface area contributed by atoms with Gasteiger partial charge in [-0.15, -0.1) is 0 Å². The highest BCUT2D eigenvalue weighted by Crippen LogP contribution is 2.30. The number of nitrogens with zero attached hydrogens (tertiary/aromatic N) is 1. The number of carbonyl (C=O) groups is 1. The lowest BCUT2D eigenvalue weighted by atomic mass is 10.1. The average molecular weight is 419 g/mol. The fraction of sp³-hybridized carbons (Fsp3) is 0.250. The zero-order chi connectivity index (χ0) is 20.9. The van der Waals surface area contributed by atoms with Gasteiger partial charge in [0.1, 0.15) is 5.76 Å². The molecule has 3 aromatic rings. The molecule has 0 fully saturated rings. The Hall–Kier alpha value is -3.20. The van der Waals surface area contributed by atoms with Gasteiger partial charge < -0.3 is 22.7 Å². The van der Waals surface area contributed by atoms with Gasteiger partial charge in [-0.05, 0) is 48.9 Å². The van der Waals surface area contributed by atoms with E-state index in [0.29, 0.717) is 11.3 Å². The number of hydrogen-bond donors (Lipinski definition) is 0. The van der Waals surface area contributed by atoms with Crippen molar-refractivity contribution in [1.82, 2.24) is 4.90 Å². The predicted octanol–water partition coefficient (Wildman–Crippen LogP) is 3.45. The number of methoxy groups -OCH3 is 1.